The molecule has 2 aromatic rings. The van der Waals surface area contributed by atoms with Crippen LogP contribution in [0.25, 0.3) is 11.1 Å². The van der Waals surface area contributed by atoms with Gasteiger partial charge < -0.3 is 24.8 Å². The van der Waals surface area contributed by atoms with Gasteiger partial charge in [0, 0.05) is 12.5 Å². The van der Waals surface area contributed by atoms with E-state index in [0.717, 1.165) is 22.3 Å². The molecule has 3 atom stereocenters. The third kappa shape index (κ3) is 5.17. The number of nitrogens with zero attached hydrogens (tertiary/aromatic N) is 1. The topological polar surface area (TPSA) is 105 Å². The van der Waals surface area contributed by atoms with Gasteiger partial charge in [-0.15, -0.1) is 0 Å². The summed E-state index contributed by atoms with van der Waals surface area (Å²) in [6.07, 6.45) is -1.06. The highest BCUT2D eigenvalue weighted by Gasteiger charge is 2.43. The molecule has 0 spiro atoms. The third-order valence-corrected chi connectivity index (χ3v) is 6.48. The summed E-state index contributed by atoms with van der Waals surface area (Å²) in [5.41, 5.74) is 3.85. The van der Waals surface area contributed by atoms with E-state index in [1.807, 2.05) is 57.2 Å². The summed E-state index contributed by atoms with van der Waals surface area (Å²) in [6.45, 7) is 7.66. The maximum absolute atomic E-state index is 13.2. The number of benzene rings is 2. The molecule has 35 heavy (non-hydrogen) atoms. The predicted octanol–water partition coefficient (Wildman–Crippen LogP) is 3.78. The molecule has 1 saturated heterocycles. The maximum Gasteiger partial charge on any atom is 0.407 e. The summed E-state index contributed by atoms with van der Waals surface area (Å²) >= 11 is 0. The monoisotopic (exact) mass is 480 g/mol. The lowest BCUT2D eigenvalue weighted by atomic mass is 9.98. The number of carbonyl (C=O) groups is 3. The minimum absolute atomic E-state index is 0.108. The Balaban J connectivity index is 1.47. The quantitative estimate of drug-likeness (QED) is 0.625. The van der Waals surface area contributed by atoms with Gasteiger partial charge in [0.25, 0.3) is 0 Å². The number of likely N-dealkylation sites (tertiary alicyclic amines) is 1. The fourth-order valence-corrected chi connectivity index (χ4v) is 4.86. The summed E-state index contributed by atoms with van der Waals surface area (Å²) in [7, 11) is 0. The molecule has 1 fully saturated rings. The molecule has 2 aromatic carbocycles. The smallest absolute Gasteiger partial charge is 0.407 e. The van der Waals surface area contributed by atoms with Gasteiger partial charge in [-0.3, -0.25) is 4.79 Å². The fraction of sp³-hybridized carbons (Fsp3) is 0.444. The molecule has 1 unspecified atom stereocenters. The van der Waals surface area contributed by atoms with Crippen molar-refractivity contribution in [2.24, 2.45) is 0 Å². The van der Waals surface area contributed by atoms with Gasteiger partial charge in [-0.1, -0.05) is 48.5 Å². The van der Waals surface area contributed by atoms with Crippen molar-refractivity contribution in [2.75, 3.05) is 13.2 Å². The van der Waals surface area contributed by atoms with E-state index in [0.29, 0.717) is 13.0 Å². The van der Waals surface area contributed by atoms with Crippen molar-refractivity contribution >= 4 is 18.0 Å². The summed E-state index contributed by atoms with van der Waals surface area (Å²) in [4.78, 5) is 38.8. The van der Waals surface area contributed by atoms with Crippen LogP contribution in [0.2, 0.25) is 0 Å². The number of hydrogen-bond acceptors (Lipinski definition) is 5. The predicted molar refractivity (Wildman–Crippen MR) is 130 cm³/mol. The maximum atomic E-state index is 13.2. The first-order valence-corrected chi connectivity index (χ1v) is 11.9. The Hall–Kier alpha value is -3.39. The number of ether oxygens (including phenoxy) is 2. The highest BCUT2D eigenvalue weighted by atomic mass is 16.6. The molecule has 8 nitrogen and oxygen atoms in total. The van der Waals surface area contributed by atoms with Gasteiger partial charge >= 0.3 is 12.1 Å². The largest absolute Gasteiger partial charge is 0.480 e. The lowest BCUT2D eigenvalue weighted by Crippen LogP contribution is -2.63. The van der Waals surface area contributed by atoms with Crippen molar-refractivity contribution in [3.05, 3.63) is 59.7 Å². The number of rotatable bonds is 7. The Morgan fingerprint density at radius 1 is 1.06 bits per heavy atom. The lowest BCUT2D eigenvalue weighted by molar-refractivity contribution is -0.161. The molecule has 0 radical (unpaired) electrons. The van der Waals surface area contributed by atoms with Crippen LogP contribution in [0.15, 0.2) is 48.5 Å². The molecule has 0 aromatic heterocycles. The van der Waals surface area contributed by atoms with Crippen LogP contribution >= 0.6 is 0 Å². The first-order chi connectivity index (χ1) is 16.6. The van der Waals surface area contributed by atoms with Gasteiger partial charge in [-0.2, -0.15) is 0 Å². The Labute approximate surface area is 205 Å². The highest BCUT2D eigenvalue weighted by Crippen LogP contribution is 2.44. The van der Waals surface area contributed by atoms with Crippen LogP contribution in [-0.2, 0) is 19.1 Å². The Bertz CT molecular complexity index is 1080. The highest BCUT2D eigenvalue weighted by molar-refractivity contribution is 5.91. The van der Waals surface area contributed by atoms with E-state index in [1.165, 1.54) is 4.90 Å². The van der Waals surface area contributed by atoms with Crippen LogP contribution in [0, 0.1) is 0 Å². The molecular formula is C27H32N2O6. The number of fused-ring (bicyclic) bond motifs is 3. The Kier molecular flexibility index (Phi) is 6.85. The average Bonchev–Trinajstić information content (AvgIpc) is 3.07. The van der Waals surface area contributed by atoms with Crippen molar-refractivity contribution in [1.29, 1.82) is 0 Å². The molecule has 2 N–H and O–H groups in total. The van der Waals surface area contributed by atoms with Gasteiger partial charge in [0.2, 0.25) is 5.91 Å². The normalized spacial score (nSPS) is 18.6. The van der Waals surface area contributed by atoms with E-state index in [9.17, 15) is 19.5 Å². The van der Waals surface area contributed by atoms with Crippen LogP contribution in [0.5, 0.6) is 0 Å². The molecular weight excluding hydrogens is 448 g/mol. The van der Waals surface area contributed by atoms with Gasteiger partial charge in [0.15, 0.2) is 0 Å². The zero-order valence-electron chi connectivity index (χ0n) is 20.5. The molecule has 2 amide bonds. The number of amides is 2. The molecule has 186 valence electrons. The van der Waals surface area contributed by atoms with E-state index in [4.69, 9.17) is 9.47 Å². The summed E-state index contributed by atoms with van der Waals surface area (Å²) < 4.78 is 11.6. The second-order valence-corrected chi connectivity index (χ2v) is 10.1. The minimum atomic E-state index is -1.08. The van der Waals surface area contributed by atoms with E-state index < -0.39 is 41.8 Å². The summed E-state index contributed by atoms with van der Waals surface area (Å²) in [5.74, 6) is -1.67. The number of nitrogens with one attached hydrogen (secondary N) is 1. The zero-order valence-corrected chi connectivity index (χ0v) is 20.5. The van der Waals surface area contributed by atoms with Crippen molar-refractivity contribution in [2.45, 2.75) is 63.8 Å². The van der Waals surface area contributed by atoms with Gasteiger partial charge in [-0.05, 0) is 56.4 Å². The van der Waals surface area contributed by atoms with Gasteiger partial charge in [0.05, 0.1) is 11.7 Å². The number of carbonyl (C=O) groups excluding carboxylic acids is 2. The van der Waals surface area contributed by atoms with Gasteiger partial charge in [0.1, 0.15) is 18.7 Å². The Morgan fingerprint density at radius 2 is 1.63 bits per heavy atom. The van der Waals surface area contributed by atoms with E-state index in [1.54, 1.807) is 6.92 Å². The third-order valence-electron chi connectivity index (χ3n) is 6.48. The van der Waals surface area contributed by atoms with Gasteiger partial charge in [-0.25, -0.2) is 9.59 Å². The SMILES string of the molecule is C[C@@H](OC(C)(C)C)[C@H](NC(=O)OCC1c2ccccc2-c2ccccc21)C(=O)N1CCC1C(=O)O. The first-order valence-electron chi connectivity index (χ1n) is 11.9. The fourth-order valence-electron chi connectivity index (χ4n) is 4.86. The summed E-state index contributed by atoms with van der Waals surface area (Å²) in [6, 6.07) is 14.1. The van der Waals surface area contributed by atoms with Crippen molar-refractivity contribution in [3.8, 4) is 11.1 Å². The van der Waals surface area contributed by atoms with Crippen LogP contribution in [0.3, 0.4) is 0 Å². The van der Waals surface area contributed by atoms with Crippen molar-refractivity contribution in [1.82, 2.24) is 10.2 Å². The second kappa shape index (κ2) is 9.70. The second-order valence-electron chi connectivity index (χ2n) is 10.1. The van der Waals surface area contributed by atoms with E-state index >= 15 is 0 Å². The van der Waals surface area contributed by atoms with Crippen molar-refractivity contribution < 1.29 is 29.0 Å². The molecule has 0 saturated carbocycles. The molecule has 8 heteroatoms. The summed E-state index contributed by atoms with van der Waals surface area (Å²) in [5, 5.41) is 12.0. The molecule has 2 aliphatic rings. The first kappa shape index (κ1) is 24.7. The molecule has 1 aliphatic carbocycles. The van der Waals surface area contributed by atoms with Crippen molar-refractivity contribution in [3.63, 3.8) is 0 Å². The molecule has 0 bridgehead atoms. The number of hydrogen-bond donors (Lipinski definition) is 2. The molecule has 1 heterocycles. The lowest BCUT2D eigenvalue weighted by Gasteiger charge is -2.41. The standard InChI is InChI=1S/C27H32N2O6/c1-16(35-27(2,3)4)23(24(30)29-14-13-22(29)25(31)32)28-26(33)34-15-21-19-11-7-5-9-17(19)18-10-6-8-12-20(18)21/h5-12,16,21-23H,13-15H2,1-4H3,(H,28,33)(H,31,32)/t16-,22?,23+/m1/s1. The van der Waals surface area contributed by atoms with Crippen LogP contribution in [0.1, 0.15) is 51.2 Å². The van der Waals surface area contributed by atoms with E-state index in [2.05, 4.69) is 17.4 Å². The zero-order chi connectivity index (χ0) is 25.3. The number of carboxylic acid groups (broad SMARTS) is 1. The molecule has 4 rings (SSSR count). The average molecular weight is 481 g/mol. The number of carboxylic acids is 1. The number of alkyl carbamates (subject to hydrolysis) is 1. The van der Waals surface area contributed by atoms with Crippen LogP contribution in [0.4, 0.5) is 4.79 Å². The van der Waals surface area contributed by atoms with Crippen LogP contribution in [-0.4, -0.2) is 64.9 Å². The minimum Gasteiger partial charge on any atom is -0.480 e. The van der Waals surface area contributed by atoms with Crippen LogP contribution < -0.4 is 5.32 Å². The van der Waals surface area contributed by atoms with E-state index in [-0.39, 0.29) is 12.5 Å². The Morgan fingerprint density at radius 3 is 2.11 bits per heavy atom. The molecule has 1 aliphatic heterocycles. The number of aliphatic carboxylic acids is 1.